The topological polar surface area (TPSA) is 73.2 Å². The molecule has 1 unspecified atom stereocenters. The van der Waals surface area contributed by atoms with Crippen LogP contribution in [0.5, 0.6) is 0 Å². The minimum atomic E-state index is -0.776. The second-order valence-corrected chi connectivity index (χ2v) is 6.05. The van der Waals surface area contributed by atoms with Crippen LogP contribution in [0.3, 0.4) is 0 Å². The zero-order valence-electron chi connectivity index (χ0n) is 12.1. The number of benzene rings is 1. The molecule has 1 aromatic carbocycles. The van der Waals surface area contributed by atoms with E-state index in [1.807, 2.05) is 38.1 Å². The third-order valence-corrected chi connectivity index (χ3v) is 4.41. The number of hydrogen-bond donors (Lipinski definition) is 1. The van der Waals surface area contributed by atoms with E-state index in [-0.39, 0.29) is 24.3 Å². The van der Waals surface area contributed by atoms with E-state index in [4.69, 9.17) is 0 Å². The number of para-hydroxylation sites is 1. The van der Waals surface area contributed by atoms with Gasteiger partial charge < -0.3 is 10.2 Å². The van der Waals surface area contributed by atoms with Crippen LogP contribution in [-0.2, 0) is 15.0 Å². The van der Waals surface area contributed by atoms with Gasteiger partial charge in [-0.25, -0.2) is 0 Å². The zero-order valence-corrected chi connectivity index (χ0v) is 12.1. The molecule has 21 heavy (non-hydrogen) atoms. The summed E-state index contributed by atoms with van der Waals surface area (Å²) < 4.78 is 0. The molecule has 0 radical (unpaired) electrons. The molecule has 0 aliphatic carbocycles. The fourth-order valence-electron chi connectivity index (χ4n) is 3.32. The molecule has 0 saturated carbocycles. The van der Waals surface area contributed by atoms with Crippen LogP contribution in [0.15, 0.2) is 24.3 Å². The van der Waals surface area contributed by atoms with E-state index in [1.165, 1.54) is 0 Å². The average molecular weight is 283 g/mol. The van der Waals surface area contributed by atoms with Crippen molar-refractivity contribution in [3.8, 4) is 6.07 Å². The van der Waals surface area contributed by atoms with Gasteiger partial charge in [0.15, 0.2) is 0 Å². The first-order valence-electron chi connectivity index (χ1n) is 7.10. The van der Waals surface area contributed by atoms with Crippen LogP contribution in [0, 0.1) is 17.2 Å². The smallest absolute Gasteiger partial charge is 0.237 e. The fraction of sp³-hybridized carbons (Fsp3) is 0.438. The third kappa shape index (κ3) is 1.83. The molecule has 0 bridgehead atoms. The Bertz CT molecular complexity index is 662. The molecule has 2 heterocycles. The molecule has 1 aromatic rings. The molecule has 5 nitrogen and oxygen atoms in total. The van der Waals surface area contributed by atoms with Crippen LogP contribution in [0.1, 0.15) is 25.8 Å². The summed E-state index contributed by atoms with van der Waals surface area (Å²) in [5.41, 5.74) is 0.911. The van der Waals surface area contributed by atoms with Crippen molar-refractivity contribution in [2.45, 2.75) is 31.7 Å². The Kier molecular flexibility index (Phi) is 2.98. The Morgan fingerprint density at radius 1 is 1.48 bits per heavy atom. The van der Waals surface area contributed by atoms with E-state index in [1.54, 1.807) is 4.90 Å². The van der Waals surface area contributed by atoms with Gasteiger partial charge in [-0.15, -0.1) is 0 Å². The van der Waals surface area contributed by atoms with Crippen LogP contribution in [-0.4, -0.2) is 29.3 Å². The molecule has 2 amide bonds. The Hall–Kier alpha value is -2.35. The molecule has 1 fully saturated rings. The van der Waals surface area contributed by atoms with E-state index in [2.05, 4.69) is 11.4 Å². The third-order valence-electron chi connectivity index (χ3n) is 4.41. The lowest BCUT2D eigenvalue weighted by atomic mass is 9.80. The molecule has 0 aromatic heterocycles. The monoisotopic (exact) mass is 283 g/mol. The zero-order chi connectivity index (χ0) is 15.2. The normalized spacial score (nSPS) is 26.9. The molecule has 2 aliphatic heterocycles. The van der Waals surface area contributed by atoms with Gasteiger partial charge in [0.2, 0.25) is 11.8 Å². The standard InChI is InChI=1S/C16H17N3O2/c1-10(2)14(20)19-9-16(7-11(19)8-17)12-5-3-4-6-13(12)18-15(16)21/h3-6,10-11H,7,9H2,1-2H3,(H,18,21)/t11?,16-/m0/s1. The van der Waals surface area contributed by atoms with Crippen LogP contribution in [0.25, 0.3) is 0 Å². The number of rotatable bonds is 1. The van der Waals surface area contributed by atoms with Gasteiger partial charge in [0.05, 0.1) is 11.5 Å². The number of carbonyl (C=O) groups excluding carboxylic acids is 2. The van der Waals surface area contributed by atoms with Crippen molar-refractivity contribution in [3.63, 3.8) is 0 Å². The maximum absolute atomic E-state index is 12.5. The number of nitrogens with zero attached hydrogens (tertiary/aromatic N) is 2. The van der Waals surface area contributed by atoms with Crippen LogP contribution in [0.2, 0.25) is 0 Å². The number of amides is 2. The molecule has 1 saturated heterocycles. The largest absolute Gasteiger partial charge is 0.325 e. The van der Waals surface area contributed by atoms with Crippen molar-refractivity contribution in [1.82, 2.24) is 4.90 Å². The predicted molar refractivity (Wildman–Crippen MR) is 77.3 cm³/mol. The molecule has 3 rings (SSSR count). The van der Waals surface area contributed by atoms with Crippen molar-refractivity contribution in [1.29, 1.82) is 5.26 Å². The molecule has 1 N–H and O–H groups in total. The molecule has 1 spiro atoms. The Balaban J connectivity index is 2.03. The van der Waals surface area contributed by atoms with E-state index in [0.717, 1.165) is 11.3 Å². The lowest BCUT2D eigenvalue weighted by molar-refractivity contribution is -0.134. The summed E-state index contributed by atoms with van der Waals surface area (Å²) in [6.07, 6.45) is 0.366. The summed E-state index contributed by atoms with van der Waals surface area (Å²) in [5.74, 6) is -0.366. The van der Waals surface area contributed by atoms with E-state index < -0.39 is 11.5 Å². The molecular weight excluding hydrogens is 266 g/mol. The number of likely N-dealkylation sites (tertiary alicyclic amines) is 1. The summed E-state index contributed by atoms with van der Waals surface area (Å²) in [6, 6.07) is 9.15. The Morgan fingerprint density at radius 2 is 2.19 bits per heavy atom. The number of anilines is 1. The maximum Gasteiger partial charge on any atom is 0.237 e. The first-order valence-corrected chi connectivity index (χ1v) is 7.10. The van der Waals surface area contributed by atoms with Crippen molar-refractivity contribution >= 4 is 17.5 Å². The number of nitriles is 1. The lowest BCUT2D eigenvalue weighted by Crippen LogP contribution is -2.41. The summed E-state index contributed by atoms with van der Waals surface area (Å²) in [7, 11) is 0. The van der Waals surface area contributed by atoms with Gasteiger partial charge in [0, 0.05) is 24.6 Å². The summed E-state index contributed by atoms with van der Waals surface area (Å²) in [4.78, 5) is 26.4. The first kappa shape index (κ1) is 13.6. The summed E-state index contributed by atoms with van der Waals surface area (Å²) >= 11 is 0. The first-order chi connectivity index (χ1) is 9.99. The number of carbonyl (C=O) groups is 2. The van der Waals surface area contributed by atoms with Crippen LogP contribution < -0.4 is 5.32 Å². The van der Waals surface area contributed by atoms with Crippen molar-refractivity contribution in [2.75, 3.05) is 11.9 Å². The lowest BCUT2D eigenvalue weighted by Gasteiger charge is -2.24. The molecule has 2 aliphatic rings. The fourth-order valence-corrected chi connectivity index (χ4v) is 3.32. The van der Waals surface area contributed by atoms with Gasteiger partial charge in [0.25, 0.3) is 0 Å². The highest BCUT2D eigenvalue weighted by atomic mass is 16.2. The highest BCUT2D eigenvalue weighted by molar-refractivity contribution is 6.07. The van der Waals surface area contributed by atoms with Crippen molar-refractivity contribution < 1.29 is 9.59 Å². The molecule has 2 atom stereocenters. The molecule has 108 valence electrons. The quantitative estimate of drug-likeness (QED) is 0.851. The highest BCUT2D eigenvalue weighted by Gasteiger charge is 2.55. The average Bonchev–Trinajstić information content (AvgIpc) is 2.99. The Morgan fingerprint density at radius 3 is 2.86 bits per heavy atom. The summed E-state index contributed by atoms with van der Waals surface area (Å²) in [6.45, 7) is 3.90. The van der Waals surface area contributed by atoms with Gasteiger partial charge in [-0.2, -0.15) is 5.26 Å². The number of fused-ring (bicyclic) bond motifs is 2. The van der Waals surface area contributed by atoms with Gasteiger partial charge in [-0.05, 0) is 11.6 Å². The number of nitrogens with one attached hydrogen (secondary N) is 1. The molecular formula is C16H17N3O2. The highest BCUT2D eigenvalue weighted by Crippen LogP contribution is 2.46. The summed E-state index contributed by atoms with van der Waals surface area (Å²) in [5, 5.41) is 12.2. The molecule has 5 heteroatoms. The van der Waals surface area contributed by atoms with Gasteiger partial charge in [-0.3, -0.25) is 9.59 Å². The van der Waals surface area contributed by atoms with E-state index in [0.29, 0.717) is 6.42 Å². The second-order valence-electron chi connectivity index (χ2n) is 6.05. The van der Waals surface area contributed by atoms with Gasteiger partial charge in [-0.1, -0.05) is 32.0 Å². The van der Waals surface area contributed by atoms with Crippen LogP contribution >= 0.6 is 0 Å². The minimum absolute atomic E-state index is 0.0735. The Labute approximate surface area is 123 Å². The SMILES string of the molecule is CC(C)C(=O)N1C[C@]2(CC1C#N)C(=O)Nc1ccccc12. The van der Waals surface area contributed by atoms with Crippen molar-refractivity contribution in [2.24, 2.45) is 5.92 Å². The second kappa shape index (κ2) is 4.59. The number of hydrogen-bond acceptors (Lipinski definition) is 3. The van der Waals surface area contributed by atoms with Crippen LogP contribution in [0.4, 0.5) is 5.69 Å². The van der Waals surface area contributed by atoms with Gasteiger partial charge in [0.1, 0.15) is 6.04 Å². The van der Waals surface area contributed by atoms with Crippen molar-refractivity contribution in [3.05, 3.63) is 29.8 Å². The predicted octanol–water partition coefficient (Wildman–Crippen LogP) is 1.66. The van der Waals surface area contributed by atoms with E-state index >= 15 is 0 Å². The minimum Gasteiger partial charge on any atom is -0.325 e. The van der Waals surface area contributed by atoms with Gasteiger partial charge >= 0.3 is 0 Å². The maximum atomic E-state index is 12.5. The van der Waals surface area contributed by atoms with E-state index in [9.17, 15) is 14.9 Å².